The molecule has 6 heteroatoms. The average Bonchev–Trinajstić information content (AvgIpc) is 2.91. The maximum atomic E-state index is 9.44. The van der Waals surface area contributed by atoms with Crippen LogP contribution < -0.4 is 10.4 Å². The third-order valence-corrected chi connectivity index (χ3v) is 6.21. The summed E-state index contributed by atoms with van der Waals surface area (Å²) in [6, 6.07) is 6.93. The van der Waals surface area contributed by atoms with E-state index in [4.69, 9.17) is 9.97 Å². The van der Waals surface area contributed by atoms with Crippen LogP contribution in [0.25, 0.3) is 16.7 Å². The average molecular weight is 385 g/mol. The van der Waals surface area contributed by atoms with Gasteiger partial charge in [-0.25, -0.2) is 9.97 Å². The fraction of sp³-hybridized carbons (Fsp3) is 0.435. The predicted octanol–water partition coefficient (Wildman–Crippen LogP) is 2.96. The normalized spacial score (nSPS) is 17.0. The lowest BCUT2D eigenvalue weighted by Crippen LogP contribution is -2.35. The second-order valence-electron chi connectivity index (χ2n) is 8.50. The van der Waals surface area contributed by atoms with Gasteiger partial charge in [-0.2, -0.15) is 5.26 Å². The number of rotatable bonds is 2. The third-order valence-electron chi connectivity index (χ3n) is 6.21. The zero-order valence-electron chi connectivity index (χ0n) is 18.3. The van der Waals surface area contributed by atoms with Crippen molar-refractivity contribution in [2.75, 3.05) is 18.0 Å². The Hall–Kier alpha value is -2.81. The lowest BCUT2D eigenvalue weighted by atomic mass is 9.91. The SMILES string of the molecule is Bc1cc(C)c(-n2c(C)c(C)c3c(N4CCCC(C#N)C4)nc(C)nc32)c(C)c1. The molecule has 3 heterocycles. The van der Waals surface area contributed by atoms with Gasteiger partial charge in [0.2, 0.25) is 0 Å². The van der Waals surface area contributed by atoms with Crippen LogP contribution in [0.15, 0.2) is 12.1 Å². The van der Waals surface area contributed by atoms with E-state index in [0.717, 1.165) is 48.6 Å². The number of fused-ring (bicyclic) bond motifs is 1. The van der Waals surface area contributed by atoms with Crippen molar-refractivity contribution in [1.29, 1.82) is 5.26 Å². The van der Waals surface area contributed by atoms with Gasteiger partial charge in [-0.15, -0.1) is 0 Å². The molecule has 0 bridgehead atoms. The second-order valence-corrected chi connectivity index (χ2v) is 8.50. The number of anilines is 1. The van der Waals surface area contributed by atoms with Crippen LogP contribution in [0.2, 0.25) is 0 Å². The molecule has 3 aromatic rings. The van der Waals surface area contributed by atoms with Crippen molar-refractivity contribution in [2.24, 2.45) is 5.92 Å². The number of hydrogen-bond donors (Lipinski definition) is 0. The molecule has 1 atom stereocenters. The van der Waals surface area contributed by atoms with Crippen LogP contribution in [0.1, 0.15) is 41.1 Å². The highest BCUT2D eigenvalue weighted by atomic mass is 15.2. The number of aromatic nitrogens is 3. The fourth-order valence-electron chi connectivity index (χ4n) is 4.85. The van der Waals surface area contributed by atoms with Gasteiger partial charge in [0, 0.05) is 18.8 Å². The van der Waals surface area contributed by atoms with E-state index in [1.54, 1.807) is 0 Å². The first-order valence-electron chi connectivity index (χ1n) is 10.4. The Kier molecular flexibility index (Phi) is 4.86. The molecule has 0 spiro atoms. The third kappa shape index (κ3) is 3.19. The van der Waals surface area contributed by atoms with E-state index in [2.05, 4.69) is 63.2 Å². The number of hydrogen-bond acceptors (Lipinski definition) is 4. The highest BCUT2D eigenvalue weighted by molar-refractivity contribution is 6.32. The van der Waals surface area contributed by atoms with E-state index in [1.807, 2.05) is 6.92 Å². The van der Waals surface area contributed by atoms with Crippen LogP contribution in [0.3, 0.4) is 0 Å². The van der Waals surface area contributed by atoms with E-state index in [0.29, 0.717) is 0 Å². The van der Waals surface area contributed by atoms with Crippen LogP contribution in [-0.4, -0.2) is 35.5 Å². The molecule has 1 unspecified atom stereocenters. The van der Waals surface area contributed by atoms with Gasteiger partial charge >= 0.3 is 0 Å². The number of nitriles is 1. The van der Waals surface area contributed by atoms with E-state index < -0.39 is 0 Å². The second kappa shape index (κ2) is 7.22. The number of benzene rings is 1. The lowest BCUT2D eigenvalue weighted by molar-refractivity contribution is 0.491. The molecule has 29 heavy (non-hydrogen) atoms. The van der Waals surface area contributed by atoms with Gasteiger partial charge in [0.15, 0.2) is 5.65 Å². The van der Waals surface area contributed by atoms with Gasteiger partial charge in [0.05, 0.1) is 23.1 Å². The van der Waals surface area contributed by atoms with Crippen molar-refractivity contribution in [3.63, 3.8) is 0 Å². The predicted molar refractivity (Wildman–Crippen MR) is 121 cm³/mol. The van der Waals surface area contributed by atoms with Crippen LogP contribution in [-0.2, 0) is 0 Å². The van der Waals surface area contributed by atoms with Crippen LogP contribution in [0, 0.1) is 51.9 Å². The van der Waals surface area contributed by atoms with Gasteiger partial charge in [-0.05, 0) is 64.2 Å². The summed E-state index contributed by atoms with van der Waals surface area (Å²) in [5, 5.41) is 10.6. The Labute approximate surface area is 173 Å². The van der Waals surface area contributed by atoms with Crippen molar-refractivity contribution in [2.45, 2.75) is 47.5 Å². The monoisotopic (exact) mass is 385 g/mol. The minimum atomic E-state index is 0.0687. The Balaban J connectivity index is 2.00. The van der Waals surface area contributed by atoms with Crippen molar-refractivity contribution < 1.29 is 0 Å². The molecule has 148 valence electrons. The maximum Gasteiger partial charge on any atom is 0.150 e. The van der Waals surface area contributed by atoms with Gasteiger partial charge in [0.1, 0.15) is 19.5 Å². The molecule has 1 aliphatic rings. The van der Waals surface area contributed by atoms with Gasteiger partial charge in [-0.3, -0.25) is 4.57 Å². The summed E-state index contributed by atoms with van der Waals surface area (Å²) < 4.78 is 2.30. The minimum absolute atomic E-state index is 0.0687. The molecule has 0 N–H and O–H groups in total. The van der Waals surface area contributed by atoms with E-state index in [-0.39, 0.29) is 5.92 Å². The Morgan fingerprint density at radius 1 is 1.10 bits per heavy atom. The van der Waals surface area contributed by atoms with Crippen LogP contribution in [0.5, 0.6) is 0 Å². The zero-order chi connectivity index (χ0) is 20.9. The minimum Gasteiger partial charge on any atom is -0.355 e. The van der Waals surface area contributed by atoms with E-state index >= 15 is 0 Å². The molecule has 1 saturated heterocycles. The molecule has 5 nitrogen and oxygen atoms in total. The first kappa shape index (κ1) is 19.5. The smallest absolute Gasteiger partial charge is 0.150 e. The van der Waals surface area contributed by atoms with Crippen molar-refractivity contribution in [3.8, 4) is 11.8 Å². The largest absolute Gasteiger partial charge is 0.355 e. The molecule has 1 aliphatic heterocycles. The number of piperidine rings is 1. The molecule has 2 aromatic heterocycles. The fourth-order valence-corrected chi connectivity index (χ4v) is 4.85. The number of aryl methyl sites for hydroxylation is 4. The van der Waals surface area contributed by atoms with Gasteiger partial charge in [-0.1, -0.05) is 17.6 Å². The quantitative estimate of drug-likeness (QED) is 0.637. The number of nitrogens with zero attached hydrogens (tertiary/aromatic N) is 5. The summed E-state index contributed by atoms with van der Waals surface area (Å²) in [5.74, 6) is 1.82. The first-order valence-corrected chi connectivity index (χ1v) is 10.4. The first-order chi connectivity index (χ1) is 13.8. The van der Waals surface area contributed by atoms with Crippen LogP contribution in [0.4, 0.5) is 5.82 Å². The summed E-state index contributed by atoms with van der Waals surface area (Å²) in [7, 11) is 2.14. The standard InChI is InChI=1S/C23H28BN5/c1-13-9-19(24)10-14(2)21(13)29-16(4)15(3)20-22(26-17(5)27-23(20)29)28-8-6-7-18(11-25)12-28/h9-10,18H,6-8,12,24H2,1-5H3. The molecule has 0 amide bonds. The summed E-state index contributed by atoms with van der Waals surface area (Å²) in [6.07, 6.45) is 2.00. The molecular weight excluding hydrogens is 357 g/mol. The van der Waals surface area contributed by atoms with Gasteiger partial charge in [0.25, 0.3) is 0 Å². The van der Waals surface area contributed by atoms with E-state index in [9.17, 15) is 5.26 Å². The summed E-state index contributed by atoms with van der Waals surface area (Å²) in [5.41, 5.74) is 8.38. The highest BCUT2D eigenvalue weighted by Crippen LogP contribution is 2.36. The summed E-state index contributed by atoms with van der Waals surface area (Å²) in [4.78, 5) is 12.0. The molecule has 0 saturated carbocycles. The topological polar surface area (TPSA) is 57.7 Å². The summed E-state index contributed by atoms with van der Waals surface area (Å²) >= 11 is 0. The van der Waals surface area contributed by atoms with Crippen molar-refractivity contribution >= 4 is 30.2 Å². The highest BCUT2D eigenvalue weighted by Gasteiger charge is 2.26. The lowest BCUT2D eigenvalue weighted by Gasteiger charge is -2.31. The maximum absolute atomic E-state index is 9.44. The van der Waals surface area contributed by atoms with Crippen molar-refractivity contribution in [3.05, 3.63) is 40.3 Å². The Morgan fingerprint density at radius 2 is 1.79 bits per heavy atom. The van der Waals surface area contributed by atoms with E-state index in [1.165, 1.54) is 33.5 Å². The Morgan fingerprint density at radius 3 is 2.45 bits per heavy atom. The molecule has 4 rings (SSSR count). The molecule has 0 aliphatic carbocycles. The van der Waals surface area contributed by atoms with Crippen molar-refractivity contribution in [1.82, 2.24) is 14.5 Å². The molecule has 1 fully saturated rings. The zero-order valence-corrected chi connectivity index (χ0v) is 18.3. The van der Waals surface area contributed by atoms with Gasteiger partial charge < -0.3 is 4.90 Å². The molecule has 1 aromatic carbocycles. The summed E-state index contributed by atoms with van der Waals surface area (Å²) in [6.45, 7) is 12.3. The molecular formula is C23H28BN5. The molecule has 0 radical (unpaired) electrons. The Bertz CT molecular complexity index is 1130. The van der Waals surface area contributed by atoms with Crippen LogP contribution >= 0.6 is 0 Å².